The quantitative estimate of drug-likeness (QED) is 0.0390. The standard InChI is InChI=1S/C45H89NO3.CH4/c1-4-7-10-13-16-17-18-19-20-21-22-23-24-25-30-35-40-46(42-43-47)41-36-31-26-29-34-39-45(48)49-44(37-32-27-14-11-8-5-2)38-33-28-15-12-9-6-3;/h19-20,44,47H,4-18,21-43H2,1-3H3;1H4/b20-19-;. The second kappa shape index (κ2) is 44.3. The van der Waals surface area contributed by atoms with Gasteiger partial charge in [0.15, 0.2) is 0 Å². The van der Waals surface area contributed by atoms with Crippen LogP contribution in [0.1, 0.15) is 247 Å². The largest absolute Gasteiger partial charge is 0.462 e. The van der Waals surface area contributed by atoms with Crippen LogP contribution < -0.4 is 0 Å². The van der Waals surface area contributed by atoms with Crippen molar-refractivity contribution < 1.29 is 14.6 Å². The molecule has 0 radical (unpaired) electrons. The number of hydrogen-bond acceptors (Lipinski definition) is 4. The molecule has 0 amide bonds. The average Bonchev–Trinajstić information content (AvgIpc) is 3.10. The number of esters is 1. The van der Waals surface area contributed by atoms with E-state index in [0.29, 0.717) is 6.42 Å². The molecular formula is C46H93NO3. The highest BCUT2D eigenvalue weighted by molar-refractivity contribution is 5.69. The van der Waals surface area contributed by atoms with Crippen molar-refractivity contribution in [3.63, 3.8) is 0 Å². The zero-order valence-electron chi connectivity index (χ0n) is 33.8. The Balaban J connectivity index is 0. The van der Waals surface area contributed by atoms with Crippen LogP contribution in [0, 0.1) is 0 Å². The topological polar surface area (TPSA) is 49.8 Å². The smallest absolute Gasteiger partial charge is 0.306 e. The molecule has 0 unspecified atom stereocenters. The number of nitrogens with zero attached hydrogens (tertiary/aromatic N) is 1. The Kier molecular flexibility index (Phi) is 45.4. The van der Waals surface area contributed by atoms with Gasteiger partial charge >= 0.3 is 5.97 Å². The van der Waals surface area contributed by atoms with E-state index in [1.165, 1.54) is 186 Å². The van der Waals surface area contributed by atoms with Crippen molar-refractivity contribution in [1.29, 1.82) is 0 Å². The van der Waals surface area contributed by atoms with Gasteiger partial charge in [0.05, 0.1) is 6.61 Å². The number of carbonyl (C=O) groups is 1. The first kappa shape index (κ1) is 51.2. The molecule has 0 atom stereocenters. The number of carbonyl (C=O) groups excluding carboxylic acids is 1. The van der Waals surface area contributed by atoms with Crippen LogP contribution in [0.3, 0.4) is 0 Å². The molecule has 50 heavy (non-hydrogen) atoms. The average molecular weight is 708 g/mol. The maximum atomic E-state index is 12.7. The molecule has 0 aromatic carbocycles. The molecule has 4 nitrogen and oxygen atoms in total. The second-order valence-corrected chi connectivity index (χ2v) is 15.2. The zero-order chi connectivity index (χ0) is 35.7. The molecule has 0 saturated carbocycles. The number of rotatable bonds is 41. The van der Waals surface area contributed by atoms with Gasteiger partial charge in [0.25, 0.3) is 0 Å². The molecular weight excluding hydrogens is 615 g/mol. The van der Waals surface area contributed by atoms with Gasteiger partial charge < -0.3 is 14.7 Å². The third kappa shape index (κ3) is 39.9. The third-order valence-electron chi connectivity index (χ3n) is 10.3. The summed E-state index contributed by atoms with van der Waals surface area (Å²) in [7, 11) is 0. The number of allylic oxidation sites excluding steroid dienone is 2. The summed E-state index contributed by atoms with van der Waals surface area (Å²) in [4.78, 5) is 15.1. The third-order valence-corrected chi connectivity index (χ3v) is 10.3. The Hall–Kier alpha value is -0.870. The SMILES string of the molecule is C.CCCCCCCC/C=C\CCCCCCCCN(CCO)CCCCCCCC(=O)OC(CCCCCCCC)CCCCCCCC. The predicted molar refractivity (Wildman–Crippen MR) is 223 cm³/mol. The summed E-state index contributed by atoms with van der Waals surface area (Å²) in [5.41, 5.74) is 0. The van der Waals surface area contributed by atoms with Crippen LogP contribution in [0.25, 0.3) is 0 Å². The van der Waals surface area contributed by atoms with Crippen molar-refractivity contribution in [2.75, 3.05) is 26.2 Å². The van der Waals surface area contributed by atoms with Crippen molar-refractivity contribution in [2.24, 2.45) is 0 Å². The Morgan fingerprint density at radius 3 is 1.28 bits per heavy atom. The van der Waals surface area contributed by atoms with Gasteiger partial charge in [-0.1, -0.05) is 182 Å². The molecule has 0 fully saturated rings. The van der Waals surface area contributed by atoms with Crippen LogP contribution in [0.5, 0.6) is 0 Å². The Morgan fingerprint density at radius 2 is 0.860 bits per heavy atom. The molecule has 0 bridgehead atoms. The lowest BCUT2D eigenvalue weighted by molar-refractivity contribution is -0.150. The molecule has 1 N–H and O–H groups in total. The van der Waals surface area contributed by atoms with Gasteiger partial charge in [-0.05, 0) is 83.7 Å². The molecule has 0 aliphatic carbocycles. The number of unbranched alkanes of at least 4 members (excludes halogenated alkanes) is 26. The van der Waals surface area contributed by atoms with Crippen LogP contribution in [-0.2, 0) is 9.53 Å². The van der Waals surface area contributed by atoms with E-state index in [1.807, 2.05) is 0 Å². The van der Waals surface area contributed by atoms with Crippen LogP contribution >= 0.6 is 0 Å². The van der Waals surface area contributed by atoms with Gasteiger partial charge in [0.2, 0.25) is 0 Å². The Bertz CT molecular complexity index is 650. The van der Waals surface area contributed by atoms with Crippen molar-refractivity contribution in [2.45, 2.75) is 253 Å². The van der Waals surface area contributed by atoms with Crippen LogP contribution in [0.15, 0.2) is 12.2 Å². The number of aliphatic hydroxyl groups is 1. The number of hydrogen-bond donors (Lipinski definition) is 1. The summed E-state index contributed by atoms with van der Waals surface area (Å²) in [6.07, 6.45) is 47.7. The van der Waals surface area contributed by atoms with Crippen LogP contribution in [0.4, 0.5) is 0 Å². The summed E-state index contributed by atoms with van der Waals surface area (Å²) in [6.45, 7) is 10.1. The fourth-order valence-electron chi connectivity index (χ4n) is 7.01. The second-order valence-electron chi connectivity index (χ2n) is 15.2. The highest BCUT2D eigenvalue weighted by Crippen LogP contribution is 2.18. The van der Waals surface area contributed by atoms with E-state index >= 15 is 0 Å². The summed E-state index contributed by atoms with van der Waals surface area (Å²) in [6, 6.07) is 0. The molecule has 0 heterocycles. The highest BCUT2D eigenvalue weighted by Gasteiger charge is 2.14. The van der Waals surface area contributed by atoms with Crippen molar-refractivity contribution in [3.8, 4) is 0 Å². The van der Waals surface area contributed by atoms with E-state index in [-0.39, 0.29) is 26.1 Å². The summed E-state index contributed by atoms with van der Waals surface area (Å²) < 4.78 is 6.03. The monoisotopic (exact) mass is 708 g/mol. The Morgan fingerprint density at radius 1 is 0.500 bits per heavy atom. The predicted octanol–water partition coefficient (Wildman–Crippen LogP) is 14.7. The highest BCUT2D eigenvalue weighted by atomic mass is 16.5. The molecule has 0 rings (SSSR count). The van der Waals surface area contributed by atoms with E-state index in [9.17, 15) is 9.90 Å². The molecule has 0 aliphatic rings. The maximum absolute atomic E-state index is 12.7. The van der Waals surface area contributed by atoms with E-state index in [4.69, 9.17) is 4.74 Å². The lowest BCUT2D eigenvalue weighted by atomic mass is 10.0. The summed E-state index contributed by atoms with van der Waals surface area (Å²) in [5, 5.41) is 9.55. The molecule has 0 spiro atoms. The Labute approximate surface area is 315 Å². The minimum Gasteiger partial charge on any atom is -0.462 e. The fourth-order valence-corrected chi connectivity index (χ4v) is 7.01. The van der Waals surface area contributed by atoms with Gasteiger partial charge in [0.1, 0.15) is 6.10 Å². The minimum atomic E-state index is 0. The molecule has 0 aliphatic heterocycles. The number of aliphatic hydroxyl groups excluding tert-OH is 1. The fraction of sp³-hybridized carbons (Fsp3) is 0.935. The first-order valence-electron chi connectivity index (χ1n) is 22.4. The van der Waals surface area contributed by atoms with Gasteiger partial charge in [-0.25, -0.2) is 0 Å². The van der Waals surface area contributed by atoms with E-state index in [1.54, 1.807) is 0 Å². The summed E-state index contributed by atoms with van der Waals surface area (Å²) >= 11 is 0. The van der Waals surface area contributed by atoms with Crippen LogP contribution in [0.2, 0.25) is 0 Å². The van der Waals surface area contributed by atoms with Crippen molar-refractivity contribution >= 4 is 5.97 Å². The molecule has 0 saturated heterocycles. The molecule has 4 heteroatoms. The molecule has 0 aromatic heterocycles. The van der Waals surface area contributed by atoms with E-state index < -0.39 is 0 Å². The van der Waals surface area contributed by atoms with Crippen molar-refractivity contribution in [3.05, 3.63) is 12.2 Å². The lowest BCUT2D eigenvalue weighted by Gasteiger charge is -2.21. The minimum absolute atomic E-state index is 0. The van der Waals surface area contributed by atoms with Crippen molar-refractivity contribution in [1.82, 2.24) is 4.90 Å². The summed E-state index contributed by atoms with van der Waals surface area (Å²) in [5.74, 6) is 0.0340. The van der Waals surface area contributed by atoms with Crippen LogP contribution in [-0.4, -0.2) is 48.3 Å². The molecule has 0 aromatic rings. The lowest BCUT2D eigenvalue weighted by Crippen LogP contribution is -2.29. The number of ether oxygens (including phenoxy) is 1. The van der Waals surface area contributed by atoms with Gasteiger partial charge in [-0.3, -0.25) is 4.79 Å². The normalized spacial score (nSPS) is 11.6. The van der Waals surface area contributed by atoms with Gasteiger partial charge in [-0.15, -0.1) is 0 Å². The van der Waals surface area contributed by atoms with E-state index in [0.717, 1.165) is 45.3 Å². The van der Waals surface area contributed by atoms with E-state index in [2.05, 4.69) is 37.8 Å². The first-order valence-corrected chi connectivity index (χ1v) is 22.4. The van der Waals surface area contributed by atoms with Gasteiger partial charge in [0, 0.05) is 13.0 Å². The molecule has 300 valence electrons. The van der Waals surface area contributed by atoms with Gasteiger partial charge in [-0.2, -0.15) is 0 Å². The first-order chi connectivity index (χ1) is 24.2. The maximum Gasteiger partial charge on any atom is 0.306 e. The zero-order valence-corrected chi connectivity index (χ0v) is 33.8.